The number of benzene rings is 1. The molecule has 3 heterocycles. The summed E-state index contributed by atoms with van der Waals surface area (Å²) in [6, 6.07) is 11.0. The summed E-state index contributed by atoms with van der Waals surface area (Å²) in [5.74, 6) is -0.460. The van der Waals surface area contributed by atoms with Gasteiger partial charge in [-0.2, -0.15) is 5.10 Å². The Morgan fingerprint density at radius 2 is 1.84 bits per heavy atom. The lowest BCUT2D eigenvalue weighted by Crippen LogP contribution is -2.40. The van der Waals surface area contributed by atoms with Crippen LogP contribution >= 0.6 is 0 Å². The van der Waals surface area contributed by atoms with Gasteiger partial charge in [0.15, 0.2) is 5.65 Å². The van der Waals surface area contributed by atoms with Gasteiger partial charge in [0.1, 0.15) is 5.69 Å². The lowest BCUT2D eigenvalue weighted by molar-refractivity contribution is 0.0660. The minimum absolute atomic E-state index is 0.000149. The van der Waals surface area contributed by atoms with Crippen molar-refractivity contribution in [1.82, 2.24) is 19.5 Å². The predicted octanol–water partition coefficient (Wildman–Crippen LogP) is 3.85. The number of aromatic nitrogens is 3. The molecule has 162 valence electrons. The van der Waals surface area contributed by atoms with Crippen LogP contribution in [0.2, 0.25) is 0 Å². The minimum Gasteiger partial charge on any atom is -0.366 e. The van der Waals surface area contributed by atoms with Crippen LogP contribution in [0.3, 0.4) is 0 Å². The van der Waals surface area contributed by atoms with Gasteiger partial charge in [0.2, 0.25) is 5.91 Å². The topological polar surface area (TPSA) is 93.6 Å². The molecular formula is C24H29N5O2. The van der Waals surface area contributed by atoms with E-state index in [0.29, 0.717) is 16.9 Å². The normalized spacial score (nSPS) is 17.4. The van der Waals surface area contributed by atoms with Crippen molar-refractivity contribution in [3.63, 3.8) is 0 Å². The highest BCUT2D eigenvalue weighted by atomic mass is 16.2. The van der Waals surface area contributed by atoms with E-state index < -0.39 is 5.91 Å². The SMILES string of the molecule is CCc1cc(C(=O)N2CCCCCCC2C)nc2cc(-c3ccc(C(N)=O)cc3)nn12. The van der Waals surface area contributed by atoms with Gasteiger partial charge in [-0.25, -0.2) is 9.50 Å². The van der Waals surface area contributed by atoms with E-state index in [1.165, 1.54) is 12.8 Å². The molecule has 4 rings (SSSR count). The van der Waals surface area contributed by atoms with Crippen molar-refractivity contribution in [2.24, 2.45) is 5.73 Å². The number of hydrogen-bond acceptors (Lipinski definition) is 4. The van der Waals surface area contributed by atoms with E-state index in [0.717, 1.165) is 49.2 Å². The second-order valence-corrected chi connectivity index (χ2v) is 8.28. The Balaban J connectivity index is 1.69. The zero-order chi connectivity index (χ0) is 22.0. The first kappa shape index (κ1) is 21.0. The summed E-state index contributed by atoms with van der Waals surface area (Å²) in [5.41, 5.74) is 9.45. The van der Waals surface area contributed by atoms with Gasteiger partial charge in [0, 0.05) is 35.5 Å². The number of rotatable bonds is 4. The first-order valence-corrected chi connectivity index (χ1v) is 11.1. The highest BCUT2D eigenvalue weighted by Crippen LogP contribution is 2.23. The van der Waals surface area contributed by atoms with E-state index in [4.69, 9.17) is 10.8 Å². The van der Waals surface area contributed by atoms with Crippen LogP contribution in [0.5, 0.6) is 0 Å². The number of carbonyl (C=O) groups excluding carboxylic acids is 2. The van der Waals surface area contributed by atoms with Crippen LogP contribution in [0.15, 0.2) is 36.4 Å². The van der Waals surface area contributed by atoms with Crippen molar-refractivity contribution in [2.45, 2.75) is 58.4 Å². The molecule has 0 saturated carbocycles. The Morgan fingerprint density at radius 3 is 2.55 bits per heavy atom. The molecule has 1 fully saturated rings. The van der Waals surface area contributed by atoms with Gasteiger partial charge >= 0.3 is 0 Å². The van der Waals surface area contributed by atoms with E-state index in [1.807, 2.05) is 36.1 Å². The van der Waals surface area contributed by atoms with Gasteiger partial charge in [-0.05, 0) is 44.4 Å². The van der Waals surface area contributed by atoms with Crippen LogP contribution in [-0.4, -0.2) is 43.9 Å². The predicted molar refractivity (Wildman–Crippen MR) is 120 cm³/mol. The fourth-order valence-electron chi connectivity index (χ4n) is 4.25. The van der Waals surface area contributed by atoms with E-state index in [2.05, 4.69) is 11.9 Å². The summed E-state index contributed by atoms with van der Waals surface area (Å²) in [6.07, 6.45) is 6.39. The maximum atomic E-state index is 13.4. The third-order valence-corrected chi connectivity index (χ3v) is 6.11. The number of amides is 2. The lowest BCUT2D eigenvalue weighted by atomic mass is 10.0. The van der Waals surface area contributed by atoms with Crippen molar-refractivity contribution in [3.05, 3.63) is 53.3 Å². The molecule has 7 nitrogen and oxygen atoms in total. The van der Waals surface area contributed by atoms with E-state index >= 15 is 0 Å². The van der Waals surface area contributed by atoms with Crippen LogP contribution in [0.25, 0.3) is 16.9 Å². The number of nitrogens with two attached hydrogens (primary N) is 1. The smallest absolute Gasteiger partial charge is 0.272 e. The minimum atomic E-state index is -0.460. The molecule has 1 aliphatic heterocycles. The van der Waals surface area contributed by atoms with Gasteiger partial charge in [0.25, 0.3) is 5.91 Å². The molecule has 2 aromatic heterocycles. The number of carbonyl (C=O) groups is 2. The Hall–Kier alpha value is -3.22. The number of aryl methyl sites for hydroxylation is 1. The number of primary amides is 1. The van der Waals surface area contributed by atoms with E-state index in [9.17, 15) is 9.59 Å². The van der Waals surface area contributed by atoms with Gasteiger partial charge in [0.05, 0.1) is 5.69 Å². The number of hydrogen-bond donors (Lipinski definition) is 1. The molecule has 7 heteroatoms. The number of likely N-dealkylation sites (tertiary alicyclic amines) is 1. The standard InChI is InChI=1S/C24H29N5O2/c1-3-19-14-21(24(31)28-13-7-5-4-6-8-16(28)2)26-22-15-20(27-29(19)22)17-9-11-18(12-10-17)23(25)30/h9-12,14-16H,3-8,13H2,1-2H3,(H2,25,30). The average molecular weight is 420 g/mol. The van der Waals surface area contributed by atoms with Crippen molar-refractivity contribution >= 4 is 17.5 Å². The molecule has 1 aromatic carbocycles. The summed E-state index contributed by atoms with van der Waals surface area (Å²) in [6.45, 7) is 4.96. The summed E-state index contributed by atoms with van der Waals surface area (Å²) in [5, 5.41) is 4.70. The average Bonchev–Trinajstić information content (AvgIpc) is 3.20. The van der Waals surface area contributed by atoms with E-state index in [-0.39, 0.29) is 11.9 Å². The molecule has 3 aromatic rings. The Bertz CT molecular complexity index is 1100. The monoisotopic (exact) mass is 419 g/mol. The van der Waals surface area contributed by atoms with Gasteiger partial charge in [-0.1, -0.05) is 38.3 Å². The van der Waals surface area contributed by atoms with Gasteiger partial charge < -0.3 is 10.6 Å². The molecule has 0 spiro atoms. The second-order valence-electron chi connectivity index (χ2n) is 8.28. The molecular weight excluding hydrogens is 390 g/mol. The molecule has 0 bridgehead atoms. The molecule has 31 heavy (non-hydrogen) atoms. The quantitative estimate of drug-likeness (QED) is 0.695. The summed E-state index contributed by atoms with van der Waals surface area (Å²) in [7, 11) is 0. The summed E-state index contributed by atoms with van der Waals surface area (Å²) < 4.78 is 1.80. The zero-order valence-electron chi connectivity index (χ0n) is 18.2. The lowest BCUT2D eigenvalue weighted by Gasteiger charge is -2.31. The molecule has 1 unspecified atom stereocenters. The fourth-order valence-corrected chi connectivity index (χ4v) is 4.25. The van der Waals surface area contributed by atoms with Crippen LogP contribution < -0.4 is 5.73 Å². The molecule has 2 N–H and O–H groups in total. The van der Waals surface area contributed by atoms with Gasteiger partial charge in [-0.15, -0.1) is 0 Å². The van der Waals surface area contributed by atoms with Crippen molar-refractivity contribution in [3.8, 4) is 11.3 Å². The van der Waals surface area contributed by atoms with Crippen molar-refractivity contribution < 1.29 is 9.59 Å². The third-order valence-electron chi connectivity index (χ3n) is 6.11. The third kappa shape index (κ3) is 4.31. The van der Waals surface area contributed by atoms with Crippen LogP contribution in [0, 0.1) is 0 Å². The summed E-state index contributed by atoms with van der Waals surface area (Å²) in [4.78, 5) is 31.3. The fraction of sp³-hybridized carbons (Fsp3) is 0.417. The maximum absolute atomic E-state index is 13.4. The van der Waals surface area contributed by atoms with Crippen molar-refractivity contribution in [2.75, 3.05) is 6.54 Å². The maximum Gasteiger partial charge on any atom is 0.272 e. The van der Waals surface area contributed by atoms with Crippen molar-refractivity contribution in [1.29, 1.82) is 0 Å². The first-order chi connectivity index (χ1) is 15.0. The van der Waals surface area contributed by atoms with Crippen LogP contribution in [-0.2, 0) is 6.42 Å². The Labute approximate surface area is 182 Å². The number of fused-ring (bicyclic) bond motifs is 1. The molecule has 1 atom stereocenters. The Kier molecular flexibility index (Phi) is 6.02. The van der Waals surface area contributed by atoms with Crippen LogP contribution in [0.4, 0.5) is 0 Å². The van der Waals surface area contributed by atoms with E-state index in [1.54, 1.807) is 16.6 Å². The highest BCUT2D eigenvalue weighted by molar-refractivity contribution is 5.94. The first-order valence-electron chi connectivity index (χ1n) is 11.1. The molecule has 1 aliphatic rings. The largest absolute Gasteiger partial charge is 0.366 e. The Morgan fingerprint density at radius 1 is 1.10 bits per heavy atom. The second kappa shape index (κ2) is 8.88. The zero-order valence-corrected chi connectivity index (χ0v) is 18.2. The molecule has 0 aliphatic carbocycles. The molecule has 1 saturated heterocycles. The highest BCUT2D eigenvalue weighted by Gasteiger charge is 2.24. The summed E-state index contributed by atoms with van der Waals surface area (Å²) >= 11 is 0. The van der Waals surface area contributed by atoms with Gasteiger partial charge in [-0.3, -0.25) is 9.59 Å². The van der Waals surface area contributed by atoms with Crippen LogP contribution in [0.1, 0.15) is 72.5 Å². The molecule has 2 amide bonds. The molecule has 0 radical (unpaired) electrons. The number of nitrogens with zero attached hydrogens (tertiary/aromatic N) is 4.